The first kappa shape index (κ1) is 10.0. The lowest BCUT2D eigenvalue weighted by Crippen LogP contribution is -2.13. The number of nitrogens with zero attached hydrogens (tertiary/aromatic N) is 2. The van der Waals surface area contributed by atoms with Crippen molar-refractivity contribution in [3.05, 3.63) is 48.0 Å². The van der Waals surface area contributed by atoms with Gasteiger partial charge in [-0.3, -0.25) is 0 Å². The van der Waals surface area contributed by atoms with Crippen molar-refractivity contribution < 1.29 is 9.79 Å². The van der Waals surface area contributed by atoms with Gasteiger partial charge in [0.1, 0.15) is 0 Å². The minimum Gasteiger partial charge on any atom is -0.857 e. The molecule has 3 rings (SSSR count). The molecule has 0 radical (unpaired) electrons. The first-order valence-electron chi connectivity index (χ1n) is 5.66. The van der Waals surface area contributed by atoms with Gasteiger partial charge in [0.2, 0.25) is 6.21 Å². The first-order valence-corrected chi connectivity index (χ1v) is 5.66. The lowest BCUT2D eigenvalue weighted by atomic mass is 10.1. The largest absolute Gasteiger partial charge is 0.857 e. The number of fused-ring (bicyclic) bond motifs is 1. The average Bonchev–Trinajstić information content (AvgIpc) is 2.75. The molecule has 84 valence electrons. The molecule has 0 N–H and O–H groups in total. The Balaban J connectivity index is 2.01. The summed E-state index contributed by atoms with van der Waals surface area (Å²) in [5.74, 6) is -0.0398. The van der Waals surface area contributed by atoms with Crippen molar-refractivity contribution in [2.75, 3.05) is 6.54 Å². The molecule has 2 aromatic rings. The molecule has 0 bridgehead atoms. The zero-order chi connectivity index (χ0) is 11.7. The Morgan fingerprint density at radius 3 is 2.71 bits per heavy atom. The maximum atomic E-state index is 11.0. The summed E-state index contributed by atoms with van der Waals surface area (Å²) in [6, 6.07) is 14.4. The van der Waals surface area contributed by atoms with Crippen molar-refractivity contribution in [2.45, 2.75) is 6.42 Å². The van der Waals surface area contributed by atoms with Crippen LogP contribution in [0, 0.1) is 0 Å². The van der Waals surface area contributed by atoms with Crippen LogP contribution >= 0.6 is 0 Å². The monoisotopic (exact) mass is 224 g/mol. The zero-order valence-electron chi connectivity index (χ0n) is 9.34. The Kier molecular flexibility index (Phi) is 2.37. The van der Waals surface area contributed by atoms with Gasteiger partial charge in [-0.05, 0) is 28.0 Å². The van der Waals surface area contributed by atoms with Gasteiger partial charge in [0.25, 0.3) is 0 Å². The number of hydrogen-bond donors (Lipinski definition) is 0. The number of hydrogen-bond acceptors (Lipinski definition) is 2. The van der Waals surface area contributed by atoms with Gasteiger partial charge in [-0.2, -0.15) is 0 Å². The summed E-state index contributed by atoms with van der Waals surface area (Å²) in [4.78, 5) is 0. The number of rotatable bonds is 1. The van der Waals surface area contributed by atoms with E-state index in [9.17, 15) is 5.11 Å². The van der Waals surface area contributed by atoms with Crippen LogP contribution in [0.2, 0.25) is 0 Å². The standard InChI is InChI=1S/C14H12N2O/c17-14-7-8-16(15-14)10-11-5-6-12-3-1-2-4-13(12)9-11/h1-6,9-10H,7-8H2/b16-10-. The third kappa shape index (κ3) is 2.04. The van der Waals surface area contributed by atoms with Crippen molar-refractivity contribution in [3.63, 3.8) is 0 Å². The molecule has 3 heteroatoms. The quantitative estimate of drug-likeness (QED) is 0.674. The van der Waals surface area contributed by atoms with Gasteiger partial charge >= 0.3 is 0 Å². The van der Waals surface area contributed by atoms with E-state index < -0.39 is 0 Å². The van der Waals surface area contributed by atoms with Gasteiger partial charge in [0.05, 0.1) is 0 Å². The van der Waals surface area contributed by atoms with E-state index in [0.29, 0.717) is 13.0 Å². The van der Waals surface area contributed by atoms with Gasteiger partial charge in [-0.1, -0.05) is 35.0 Å². The molecule has 0 atom stereocenters. The van der Waals surface area contributed by atoms with E-state index >= 15 is 0 Å². The SMILES string of the molecule is [O-]C1=N/[N+](=C\c2ccc3ccccc3c2)CC1. The van der Waals surface area contributed by atoms with Crippen LogP contribution in [-0.4, -0.2) is 23.3 Å². The highest BCUT2D eigenvalue weighted by molar-refractivity contribution is 5.89. The average molecular weight is 224 g/mol. The molecule has 1 aliphatic heterocycles. The summed E-state index contributed by atoms with van der Waals surface area (Å²) < 4.78 is 1.71. The molecular formula is C14H12N2O. The lowest BCUT2D eigenvalue weighted by Gasteiger charge is -1.97. The minimum atomic E-state index is -0.0398. The molecule has 3 nitrogen and oxygen atoms in total. The Morgan fingerprint density at radius 1 is 1.12 bits per heavy atom. The lowest BCUT2D eigenvalue weighted by molar-refractivity contribution is -0.519. The van der Waals surface area contributed by atoms with Crippen molar-refractivity contribution in [1.82, 2.24) is 0 Å². The van der Waals surface area contributed by atoms with Crippen LogP contribution in [0.4, 0.5) is 0 Å². The van der Waals surface area contributed by atoms with Gasteiger partial charge in [-0.25, -0.2) is 0 Å². The molecule has 0 aliphatic carbocycles. The fourth-order valence-corrected chi connectivity index (χ4v) is 2.01. The fraction of sp³-hybridized carbons (Fsp3) is 0.143. The summed E-state index contributed by atoms with van der Waals surface area (Å²) in [6.07, 6.45) is 2.43. The number of hydrazone groups is 1. The van der Waals surface area contributed by atoms with Gasteiger partial charge in [-0.15, -0.1) is 0 Å². The highest BCUT2D eigenvalue weighted by Gasteiger charge is 2.11. The molecular weight excluding hydrogens is 212 g/mol. The summed E-state index contributed by atoms with van der Waals surface area (Å²) >= 11 is 0. The molecule has 0 unspecified atom stereocenters. The van der Waals surface area contributed by atoms with Crippen LogP contribution in [0.5, 0.6) is 0 Å². The molecule has 0 aromatic heterocycles. The second-order valence-electron chi connectivity index (χ2n) is 4.14. The van der Waals surface area contributed by atoms with E-state index in [2.05, 4.69) is 29.4 Å². The van der Waals surface area contributed by atoms with Crippen LogP contribution in [0.3, 0.4) is 0 Å². The van der Waals surface area contributed by atoms with Crippen LogP contribution < -0.4 is 5.11 Å². The predicted octanol–water partition coefficient (Wildman–Crippen LogP) is 1.35. The molecule has 0 saturated heterocycles. The number of benzene rings is 2. The molecule has 1 aliphatic rings. The van der Waals surface area contributed by atoms with Crippen LogP contribution in [0.1, 0.15) is 12.0 Å². The smallest absolute Gasteiger partial charge is 0.203 e. The van der Waals surface area contributed by atoms with Crippen LogP contribution in [-0.2, 0) is 0 Å². The molecule has 17 heavy (non-hydrogen) atoms. The zero-order valence-corrected chi connectivity index (χ0v) is 9.34. The van der Waals surface area contributed by atoms with E-state index in [4.69, 9.17) is 0 Å². The molecule has 0 saturated carbocycles. The third-order valence-corrected chi connectivity index (χ3v) is 2.87. The van der Waals surface area contributed by atoms with E-state index in [1.54, 1.807) is 4.68 Å². The Morgan fingerprint density at radius 2 is 1.94 bits per heavy atom. The van der Waals surface area contributed by atoms with Gasteiger partial charge in [0.15, 0.2) is 6.54 Å². The minimum absolute atomic E-state index is 0.0398. The summed E-state index contributed by atoms with van der Waals surface area (Å²) in [6.45, 7) is 0.686. The van der Waals surface area contributed by atoms with Crippen molar-refractivity contribution in [2.24, 2.45) is 5.10 Å². The van der Waals surface area contributed by atoms with E-state index in [1.165, 1.54) is 10.8 Å². The molecule has 2 aromatic carbocycles. The van der Waals surface area contributed by atoms with Gasteiger partial charge in [0, 0.05) is 17.9 Å². The summed E-state index contributed by atoms with van der Waals surface area (Å²) in [5, 5.41) is 17.4. The normalized spacial score (nSPS) is 17.6. The van der Waals surface area contributed by atoms with Crippen LogP contribution in [0.25, 0.3) is 10.8 Å². The fourth-order valence-electron chi connectivity index (χ4n) is 2.01. The van der Waals surface area contributed by atoms with E-state index in [0.717, 1.165) is 5.56 Å². The second-order valence-corrected chi connectivity index (χ2v) is 4.14. The maximum Gasteiger partial charge on any atom is 0.203 e. The molecule has 0 spiro atoms. The predicted molar refractivity (Wildman–Crippen MR) is 66.3 cm³/mol. The van der Waals surface area contributed by atoms with Crippen molar-refractivity contribution in [3.8, 4) is 0 Å². The molecule has 0 amide bonds. The highest BCUT2D eigenvalue weighted by Crippen LogP contribution is 2.14. The topological polar surface area (TPSA) is 38.4 Å². The van der Waals surface area contributed by atoms with Gasteiger partial charge < -0.3 is 5.11 Å². The van der Waals surface area contributed by atoms with E-state index in [1.807, 2.05) is 24.4 Å². The summed E-state index contributed by atoms with van der Waals surface area (Å²) in [5.41, 5.74) is 1.07. The Bertz CT molecular complexity index is 629. The second kappa shape index (κ2) is 4.01. The molecule has 0 fully saturated rings. The highest BCUT2D eigenvalue weighted by atomic mass is 16.3. The Hall–Kier alpha value is -2.16. The Labute approximate surface area is 99.3 Å². The third-order valence-electron chi connectivity index (χ3n) is 2.87. The molecule has 1 heterocycles. The maximum absolute atomic E-state index is 11.0. The van der Waals surface area contributed by atoms with Crippen LogP contribution in [0.15, 0.2) is 47.6 Å². The van der Waals surface area contributed by atoms with Crippen molar-refractivity contribution >= 4 is 22.9 Å². The van der Waals surface area contributed by atoms with Crippen molar-refractivity contribution in [1.29, 1.82) is 0 Å². The van der Waals surface area contributed by atoms with E-state index in [-0.39, 0.29) is 5.90 Å². The summed E-state index contributed by atoms with van der Waals surface area (Å²) in [7, 11) is 0. The first-order chi connectivity index (χ1) is 8.31.